The molecule has 1 aromatic heterocycles. The Hall–Kier alpha value is -1.60. The maximum Gasteiger partial charge on any atom is 0.236 e. The fourth-order valence-electron chi connectivity index (χ4n) is 1.45. The Morgan fingerprint density at radius 2 is 2.10 bits per heavy atom. The minimum atomic E-state index is -0.0833. The summed E-state index contributed by atoms with van der Waals surface area (Å²) < 4.78 is 5.37. The lowest BCUT2D eigenvalue weighted by atomic mass is 10.3. The molecule has 1 heterocycles. The maximum absolute atomic E-state index is 11.7. The van der Waals surface area contributed by atoms with Crippen LogP contribution in [0.25, 0.3) is 0 Å². The van der Waals surface area contributed by atoms with E-state index in [9.17, 15) is 4.79 Å². The number of carbonyl (C=O) groups is 1. The number of amides is 1. The number of ether oxygens (including phenoxy) is 1. The van der Waals surface area contributed by atoms with Crippen molar-refractivity contribution in [2.45, 2.75) is 18.7 Å². The van der Waals surface area contributed by atoms with Gasteiger partial charge in [0.15, 0.2) is 0 Å². The van der Waals surface area contributed by atoms with Crippen LogP contribution in [0.5, 0.6) is 5.75 Å². The quantitative estimate of drug-likeness (QED) is 0.831. The molecule has 2 rings (SSSR count). The van der Waals surface area contributed by atoms with Gasteiger partial charge in [0.05, 0.1) is 12.4 Å². The number of carbonyl (C=O) groups excluding carboxylic acids is 1. The highest BCUT2D eigenvalue weighted by atomic mass is 32.2. The fourth-order valence-corrected chi connectivity index (χ4v) is 2.76. The summed E-state index contributed by atoms with van der Waals surface area (Å²) in [5.74, 6) is 1.10. The van der Waals surface area contributed by atoms with Crippen LogP contribution in [0.15, 0.2) is 29.2 Å². The zero-order valence-corrected chi connectivity index (χ0v) is 12.9. The zero-order valence-electron chi connectivity index (χ0n) is 11.3. The SMILES string of the molecule is CCOc1ccc(SCC(=O)Nc2nnc(C)s2)cc1. The third kappa shape index (κ3) is 4.50. The number of nitrogens with zero attached hydrogens (tertiary/aromatic N) is 2. The van der Waals surface area contributed by atoms with E-state index < -0.39 is 0 Å². The van der Waals surface area contributed by atoms with Gasteiger partial charge in [0.1, 0.15) is 10.8 Å². The molecule has 1 aromatic carbocycles. The van der Waals surface area contributed by atoms with E-state index in [1.165, 1.54) is 23.1 Å². The van der Waals surface area contributed by atoms with Gasteiger partial charge in [-0.2, -0.15) is 0 Å². The predicted octanol–water partition coefficient (Wildman–Crippen LogP) is 2.98. The second kappa shape index (κ2) is 7.25. The molecule has 0 atom stereocenters. The van der Waals surface area contributed by atoms with Gasteiger partial charge in [0, 0.05) is 4.90 Å². The fraction of sp³-hybridized carbons (Fsp3) is 0.308. The summed E-state index contributed by atoms with van der Waals surface area (Å²) in [4.78, 5) is 12.8. The van der Waals surface area contributed by atoms with Crippen molar-refractivity contribution in [3.8, 4) is 5.75 Å². The van der Waals surface area contributed by atoms with Gasteiger partial charge in [-0.1, -0.05) is 11.3 Å². The first kappa shape index (κ1) is 14.8. The van der Waals surface area contributed by atoms with Crippen molar-refractivity contribution >= 4 is 34.1 Å². The summed E-state index contributed by atoms with van der Waals surface area (Å²) in [6, 6.07) is 7.69. The number of hydrogen-bond acceptors (Lipinski definition) is 6. The first-order chi connectivity index (χ1) is 9.67. The van der Waals surface area contributed by atoms with Crippen molar-refractivity contribution in [1.29, 1.82) is 0 Å². The van der Waals surface area contributed by atoms with Crippen LogP contribution in [0.2, 0.25) is 0 Å². The van der Waals surface area contributed by atoms with Gasteiger partial charge in [-0.05, 0) is 38.1 Å². The molecule has 0 unspecified atom stereocenters. The molecule has 0 saturated carbocycles. The van der Waals surface area contributed by atoms with E-state index in [2.05, 4.69) is 15.5 Å². The highest BCUT2D eigenvalue weighted by Gasteiger charge is 2.07. The second-order valence-electron chi connectivity index (χ2n) is 3.87. The van der Waals surface area contributed by atoms with E-state index in [0.717, 1.165) is 15.7 Å². The Labute approximate surface area is 125 Å². The van der Waals surface area contributed by atoms with Gasteiger partial charge in [-0.25, -0.2) is 0 Å². The van der Waals surface area contributed by atoms with Gasteiger partial charge < -0.3 is 4.74 Å². The zero-order chi connectivity index (χ0) is 14.4. The molecule has 1 amide bonds. The monoisotopic (exact) mass is 309 g/mol. The smallest absolute Gasteiger partial charge is 0.236 e. The minimum absolute atomic E-state index is 0.0833. The first-order valence-electron chi connectivity index (χ1n) is 6.13. The molecule has 0 radical (unpaired) electrons. The highest BCUT2D eigenvalue weighted by Crippen LogP contribution is 2.22. The standard InChI is InChI=1S/C13H15N3O2S2/c1-3-18-10-4-6-11(7-5-10)19-8-12(17)14-13-16-15-9(2)20-13/h4-7H,3,8H2,1-2H3,(H,14,16,17). The molecule has 0 saturated heterocycles. The molecule has 106 valence electrons. The van der Waals surface area contributed by atoms with Crippen LogP contribution in [0.4, 0.5) is 5.13 Å². The van der Waals surface area contributed by atoms with E-state index in [0.29, 0.717) is 17.5 Å². The van der Waals surface area contributed by atoms with Crippen LogP contribution < -0.4 is 10.1 Å². The molecule has 0 aliphatic carbocycles. The maximum atomic E-state index is 11.7. The molecule has 0 aliphatic heterocycles. The summed E-state index contributed by atoms with van der Waals surface area (Å²) in [5, 5.41) is 11.8. The topological polar surface area (TPSA) is 64.1 Å². The number of thioether (sulfide) groups is 1. The Balaban J connectivity index is 1.80. The van der Waals surface area contributed by atoms with Crippen molar-refractivity contribution in [3.05, 3.63) is 29.3 Å². The first-order valence-corrected chi connectivity index (χ1v) is 7.93. The van der Waals surface area contributed by atoms with E-state index in [1.807, 2.05) is 38.1 Å². The molecule has 0 aliphatic rings. The third-order valence-electron chi connectivity index (χ3n) is 2.28. The number of aromatic nitrogens is 2. The Morgan fingerprint density at radius 1 is 1.35 bits per heavy atom. The summed E-state index contributed by atoms with van der Waals surface area (Å²) in [5.41, 5.74) is 0. The number of hydrogen-bond donors (Lipinski definition) is 1. The van der Waals surface area contributed by atoms with E-state index in [4.69, 9.17) is 4.74 Å². The number of benzene rings is 1. The molecule has 1 N–H and O–H groups in total. The van der Waals surface area contributed by atoms with Crippen LogP contribution in [0.3, 0.4) is 0 Å². The average molecular weight is 309 g/mol. The molecular weight excluding hydrogens is 294 g/mol. The van der Waals surface area contributed by atoms with E-state index in [-0.39, 0.29) is 5.91 Å². The average Bonchev–Trinajstić information content (AvgIpc) is 2.84. The second-order valence-corrected chi connectivity index (χ2v) is 6.10. The van der Waals surface area contributed by atoms with E-state index in [1.54, 1.807) is 0 Å². The molecule has 0 fully saturated rings. The summed E-state index contributed by atoms with van der Waals surface area (Å²) in [6.07, 6.45) is 0. The van der Waals surface area contributed by atoms with Crippen LogP contribution in [0.1, 0.15) is 11.9 Å². The van der Waals surface area contributed by atoms with Crippen molar-refractivity contribution in [2.75, 3.05) is 17.7 Å². The van der Waals surface area contributed by atoms with Gasteiger partial charge in [0.25, 0.3) is 0 Å². The Bertz CT molecular complexity index is 569. The molecule has 2 aromatic rings. The lowest BCUT2D eigenvalue weighted by molar-refractivity contribution is -0.113. The third-order valence-corrected chi connectivity index (χ3v) is 4.04. The summed E-state index contributed by atoms with van der Waals surface area (Å²) in [7, 11) is 0. The van der Waals surface area contributed by atoms with E-state index >= 15 is 0 Å². The van der Waals surface area contributed by atoms with Crippen LogP contribution in [-0.4, -0.2) is 28.5 Å². The van der Waals surface area contributed by atoms with Gasteiger partial charge >= 0.3 is 0 Å². The van der Waals surface area contributed by atoms with Crippen molar-refractivity contribution < 1.29 is 9.53 Å². The van der Waals surface area contributed by atoms with Gasteiger partial charge in [0.2, 0.25) is 11.0 Å². The number of nitrogens with one attached hydrogen (secondary N) is 1. The molecule has 5 nitrogen and oxygen atoms in total. The predicted molar refractivity (Wildman–Crippen MR) is 81.6 cm³/mol. The number of aryl methyl sites for hydroxylation is 1. The summed E-state index contributed by atoms with van der Waals surface area (Å²) in [6.45, 7) is 4.44. The number of anilines is 1. The lowest BCUT2D eigenvalue weighted by Crippen LogP contribution is -2.13. The van der Waals surface area contributed by atoms with Gasteiger partial charge in [-0.15, -0.1) is 22.0 Å². The highest BCUT2D eigenvalue weighted by molar-refractivity contribution is 8.00. The molecule has 20 heavy (non-hydrogen) atoms. The largest absolute Gasteiger partial charge is 0.494 e. The Kier molecular flexibility index (Phi) is 5.37. The molecule has 0 bridgehead atoms. The Morgan fingerprint density at radius 3 is 2.70 bits per heavy atom. The molecule has 7 heteroatoms. The van der Waals surface area contributed by atoms with Gasteiger partial charge in [-0.3, -0.25) is 10.1 Å². The van der Waals surface area contributed by atoms with Crippen molar-refractivity contribution in [2.24, 2.45) is 0 Å². The van der Waals surface area contributed by atoms with Crippen LogP contribution in [-0.2, 0) is 4.79 Å². The summed E-state index contributed by atoms with van der Waals surface area (Å²) >= 11 is 2.84. The lowest BCUT2D eigenvalue weighted by Gasteiger charge is -2.04. The van der Waals surface area contributed by atoms with Crippen LogP contribution >= 0.6 is 23.1 Å². The van der Waals surface area contributed by atoms with Crippen molar-refractivity contribution in [1.82, 2.24) is 10.2 Å². The van der Waals surface area contributed by atoms with Crippen molar-refractivity contribution in [3.63, 3.8) is 0 Å². The molecular formula is C13H15N3O2S2. The minimum Gasteiger partial charge on any atom is -0.494 e. The number of rotatable bonds is 6. The van der Waals surface area contributed by atoms with Crippen LogP contribution in [0, 0.1) is 6.92 Å². The normalized spacial score (nSPS) is 10.3. The molecule has 0 spiro atoms.